The Bertz CT molecular complexity index is 495. The van der Waals surface area contributed by atoms with Gasteiger partial charge in [0, 0.05) is 18.2 Å². The van der Waals surface area contributed by atoms with Crippen molar-refractivity contribution in [2.75, 3.05) is 11.9 Å². The van der Waals surface area contributed by atoms with Crippen molar-refractivity contribution in [2.24, 2.45) is 0 Å². The number of hydrogen-bond acceptors (Lipinski definition) is 3. The van der Waals surface area contributed by atoms with Gasteiger partial charge in [0.1, 0.15) is 6.29 Å². The third-order valence-electron chi connectivity index (χ3n) is 2.88. The predicted molar refractivity (Wildman–Crippen MR) is 59.0 cm³/mol. The average molecular weight is 217 g/mol. The number of aldehydes is 1. The van der Waals surface area contributed by atoms with Crippen LogP contribution in [0.5, 0.6) is 0 Å². The van der Waals surface area contributed by atoms with Gasteiger partial charge in [-0.05, 0) is 6.07 Å². The van der Waals surface area contributed by atoms with Crippen LogP contribution in [0, 0.1) is 0 Å². The number of hydrogen-bond donors (Lipinski definition) is 1. The first-order chi connectivity index (χ1) is 7.53. The molecule has 16 heavy (non-hydrogen) atoms. The van der Waals surface area contributed by atoms with Crippen molar-refractivity contribution in [1.82, 2.24) is 0 Å². The molecule has 0 fully saturated rings. The Morgan fingerprint density at radius 2 is 2.12 bits per heavy atom. The Morgan fingerprint density at radius 3 is 2.75 bits per heavy atom. The Morgan fingerprint density at radius 1 is 1.50 bits per heavy atom. The lowest BCUT2D eigenvalue weighted by Gasteiger charge is -2.20. The van der Waals surface area contributed by atoms with E-state index < -0.39 is 11.5 Å². The van der Waals surface area contributed by atoms with Crippen molar-refractivity contribution in [3.05, 3.63) is 42.0 Å². The van der Waals surface area contributed by atoms with Crippen molar-refractivity contribution in [3.8, 4) is 0 Å². The van der Waals surface area contributed by atoms with E-state index in [2.05, 4.69) is 6.58 Å². The van der Waals surface area contributed by atoms with Gasteiger partial charge in [-0.15, -0.1) is 0 Å². The van der Waals surface area contributed by atoms with Crippen molar-refractivity contribution in [2.45, 2.75) is 5.60 Å². The lowest BCUT2D eigenvalue weighted by molar-refractivity contribution is -0.133. The first-order valence-corrected chi connectivity index (χ1v) is 4.78. The van der Waals surface area contributed by atoms with Gasteiger partial charge < -0.3 is 10.0 Å². The van der Waals surface area contributed by atoms with Gasteiger partial charge in [-0.25, -0.2) is 0 Å². The van der Waals surface area contributed by atoms with E-state index in [4.69, 9.17) is 0 Å². The maximum absolute atomic E-state index is 11.9. The molecular weight excluding hydrogens is 206 g/mol. The van der Waals surface area contributed by atoms with Crippen LogP contribution in [-0.2, 0) is 15.2 Å². The molecule has 1 amide bonds. The summed E-state index contributed by atoms with van der Waals surface area (Å²) in [6.45, 7) is 3.45. The minimum atomic E-state index is -1.91. The Labute approximate surface area is 92.8 Å². The third-order valence-corrected chi connectivity index (χ3v) is 2.88. The number of amides is 1. The molecule has 0 bridgehead atoms. The van der Waals surface area contributed by atoms with Crippen molar-refractivity contribution < 1.29 is 14.7 Å². The number of aliphatic hydroxyl groups is 1. The fourth-order valence-corrected chi connectivity index (χ4v) is 1.93. The van der Waals surface area contributed by atoms with Crippen LogP contribution in [-0.4, -0.2) is 24.3 Å². The van der Waals surface area contributed by atoms with Gasteiger partial charge >= 0.3 is 0 Å². The van der Waals surface area contributed by atoms with Gasteiger partial charge in [0.15, 0.2) is 5.60 Å². The minimum absolute atomic E-state index is 0.144. The van der Waals surface area contributed by atoms with E-state index in [1.807, 2.05) is 0 Å². The van der Waals surface area contributed by atoms with Gasteiger partial charge in [0.25, 0.3) is 5.91 Å². The number of benzene rings is 1. The topological polar surface area (TPSA) is 57.6 Å². The van der Waals surface area contributed by atoms with E-state index >= 15 is 0 Å². The number of rotatable bonds is 2. The molecule has 1 aromatic carbocycles. The van der Waals surface area contributed by atoms with Crippen LogP contribution in [0.3, 0.4) is 0 Å². The molecular formula is C12H11NO3. The minimum Gasteiger partial charge on any atom is -0.372 e. The number of likely N-dealkylation sites (N-methyl/N-ethyl adjacent to an activating group) is 1. The zero-order valence-electron chi connectivity index (χ0n) is 8.80. The van der Waals surface area contributed by atoms with Gasteiger partial charge in [-0.3, -0.25) is 9.59 Å². The number of para-hydroxylation sites is 1. The number of nitrogens with zero attached hydrogens (tertiary/aromatic N) is 1. The molecule has 0 radical (unpaired) electrons. The summed E-state index contributed by atoms with van der Waals surface area (Å²) in [6, 6.07) is 6.79. The number of carbonyl (C=O) groups excluding carboxylic acids is 2. The summed E-state index contributed by atoms with van der Waals surface area (Å²) in [6.07, 6.45) is 0.411. The van der Waals surface area contributed by atoms with Gasteiger partial charge in [0.2, 0.25) is 0 Å². The summed E-state index contributed by atoms with van der Waals surface area (Å²) in [5.41, 5.74) is -1.06. The Kier molecular flexibility index (Phi) is 2.17. The molecule has 1 aromatic rings. The first-order valence-electron chi connectivity index (χ1n) is 4.78. The second kappa shape index (κ2) is 3.28. The summed E-state index contributed by atoms with van der Waals surface area (Å²) >= 11 is 0. The molecule has 82 valence electrons. The monoisotopic (exact) mass is 217 g/mol. The van der Waals surface area contributed by atoms with Gasteiger partial charge in [-0.1, -0.05) is 24.8 Å². The quantitative estimate of drug-likeness (QED) is 0.583. The largest absolute Gasteiger partial charge is 0.372 e. The summed E-state index contributed by atoms with van der Waals surface area (Å²) in [5.74, 6) is -0.550. The van der Waals surface area contributed by atoms with Gasteiger partial charge in [0.05, 0.1) is 5.69 Å². The summed E-state index contributed by atoms with van der Waals surface area (Å²) in [7, 11) is 1.55. The molecule has 1 N–H and O–H groups in total. The second-order valence-electron chi connectivity index (χ2n) is 3.73. The highest BCUT2D eigenvalue weighted by atomic mass is 16.3. The Balaban J connectivity index is 2.70. The molecule has 1 aliphatic rings. The zero-order chi connectivity index (χ0) is 11.9. The summed E-state index contributed by atoms with van der Waals surface area (Å²) in [4.78, 5) is 24.0. The summed E-state index contributed by atoms with van der Waals surface area (Å²) < 4.78 is 0. The van der Waals surface area contributed by atoms with E-state index in [1.54, 1.807) is 31.3 Å². The second-order valence-corrected chi connectivity index (χ2v) is 3.73. The molecule has 1 aliphatic heterocycles. The van der Waals surface area contributed by atoms with Crippen LogP contribution in [0.1, 0.15) is 5.56 Å². The number of anilines is 1. The number of fused-ring (bicyclic) bond motifs is 1. The van der Waals surface area contributed by atoms with Crippen molar-refractivity contribution in [1.29, 1.82) is 0 Å². The van der Waals surface area contributed by atoms with Crippen LogP contribution in [0.25, 0.3) is 0 Å². The summed E-state index contributed by atoms with van der Waals surface area (Å²) in [5, 5.41) is 10.3. The van der Waals surface area contributed by atoms with Crippen LogP contribution in [0.15, 0.2) is 36.4 Å². The predicted octanol–water partition coefficient (Wildman–Crippen LogP) is 0.606. The third kappa shape index (κ3) is 1.07. The Hall–Kier alpha value is -1.94. The molecule has 0 spiro atoms. The lowest BCUT2D eigenvalue weighted by atomic mass is 9.89. The molecule has 0 aliphatic carbocycles. The smallest absolute Gasteiger partial charge is 0.268 e. The van der Waals surface area contributed by atoms with E-state index in [9.17, 15) is 14.7 Å². The van der Waals surface area contributed by atoms with E-state index in [-0.39, 0.29) is 5.57 Å². The molecule has 2 rings (SSSR count). The zero-order valence-corrected chi connectivity index (χ0v) is 8.80. The van der Waals surface area contributed by atoms with Crippen LogP contribution in [0.4, 0.5) is 5.69 Å². The number of carbonyl (C=O) groups is 2. The van der Waals surface area contributed by atoms with Crippen molar-refractivity contribution >= 4 is 17.9 Å². The maximum Gasteiger partial charge on any atom is 0.268 e. The highest BCUT2D eigenvalue weighted by Crippen LogP contribution is 2.42. The molecule has 0 saturated carbocycles. The maximum atomic E-state index is 11.9. The molecule has 4 nitrogen and oxygen atoms in total. The van der Waals surface area contributed by atoms with Crippen LogP contribution in [0.2, 0.25) is 0 Å². The van der Waals surface area contributed by atoms with Crippen molar-refractivity contribution in [3.63, 3.8) is 0 Å². The highest BCUT2D eigenvalue weighted by molar-refractivity contribution is 6.11. The normalized spacial score (nSPS) is 23.1. The molecule has 4 heteroatoms. The molecule has 0 unspecified atom stereocenters. The fourth-order valence-electron chi connectivity index (χ4n) is 1.93. The molecule has 1 atom stereocenters. The van der Waals surface area contributed by atoms with E-state index in [0.29, 0.717) is 17.5 Å². The fraction of sp³-hybridized carbons (Fsp3) is 0.167. The lowest BCUT2D eigenvalue weighted by Crippen LogP contribution is -2.40. The molecule has 0 aromatic heterocycles. The van der Waals surface area contributed by atoms with Gasteiger partial charge in [-0.2, -0.15) is 0 Å². The van der Waals surface area contributed by atoms with E-state index in [0.717, 1.165) is 0 Å². The standard InChI is InChI=1S/C12H11NO3/c1-8(7-14)12(16)9-5-3-4-6-10(9)13(2)11(12)15/h3-7,16H,1H2,2H3/t12-/m0/s1. The molecule has 1 heterocycles. The highest BCUT2D eigenvalue weighted by Gasteiger charge is 2.50. The van der Waals surface area contributed by atoms with Crippen LogP contribution >= 0.6 is 0 Å². The first kappa shape index (κ1) is 10.6. The SMILES string of the molecule is C=C(C=O)[C@@]1(O)C(=O)N(C)c2ccccc21. The molecule has 0 saturated heterocycles. The average Bonchev–Trinajstić information content (AvgIpc) is 2.52. The van der Waals surface area contributed by atoms with Crippen LogP contribution < -0.4 is 4.90 Å². The van der Waals surface area contributed by atoms with E-state index in [1.165, 1.54) is 4.90 Å².